The molecule has 0 heterocycles. The van der Waals surface area contributed by atoms with Crippen molar-refractivity contribution in [2.75, 3.05) is 6.61 Å². The van der Waals surface area contributed by atoms with Crippen molar-refractivity contribution in [3.63, 3.8) is 0 Å². The van der Waals surface area contributed by atoms with Gasteiger partial charge in [0, 0.05) is 11.8 Å². The Bertz CT molecular complexity index is 394. The van der Waals surface area contributed by atoms with Crippen molar-refractivity contribution in [1.82, 2.24) is 0 Å². The predicted octanol–water partition coefficient (Wildman–Crippen LogP) is 3.57. The van der Waals surface area contributed by atoms with Gasteiger partial charge in [0.25, 0.3) is 0 Å². The van der Waals surface area contributed by atoms with Gasteiger partial charge in [0.15, 0.2) is 16.6 Å². The lowest BCUT2D eigenvalue weighted by Gasteiger charge is -2.39. The van der Waals surface area contributed by atoms with Crippen LogP contribution in [0.3, 0.4) is 0 Å². The summed E-state index contributed by atoms with van der Waals surface area (Å²) in [6, 6.07) is 10.2. The topological polar surface area (TPSA) is 27.7 Å². The maximum atomic E-state index is 6.50. The molecular weight excluding hydrogens is 300 g/mol. The van der Waals surface area contributed by atoms with Gasteiger partial charge in [0.05, 0.1) is 0 Å². The summed E-state index contributed by atoms with van der Waals surface area (Å²) in [7, 11) is -6.38. The highest BCUT2D eigenvalue weighted by molar-refractivity contribution is 6.91. The van der Waals surface area contributed by atoms with Gasteiger partial charge in [-0.3, -0.25) is 0 Å². The second-order valence-corrected chi connectivity index (χ2v) is 18.8. The number of benzene rings is 1. The van der Waals surface area contributed by atoms with Crippen LogP contribution in [-0.4, -0.2) is 32.0 Å². The van der Waals surface area contributed by atoms with E-state index in [0.717, 1.165) is 5.19 Å². The Balaban J connectivity index is 3.26. The van der Waals surface area contributed by atoms with E-state index in [2.05, 4.69) is 51.4 Å². The summed E-state index contributed by atoms with van der Waals surface area (Å²) in [4.78, 5) is 0. The Morgan fingerprint density at radius 1 is 0.800 bits per heavy atom. The molecule has 114 valence electrons. The monoisotopic (exact) mass is 328 g/mol. The average molecular weight is 329 g/mol. The minimum atomic E-state index is -2.82. The lowest BCUT2D eigenvalue weighted by atomic mass is 10.4. The summed E-state index contributed by atoms with van der Waals surface area (Å²) in [6.07, 6.45) is 0. The van der Waals surface area contributed by atoms with E-state index < -0.39 is 25.4 Å². The Kier molecular flexibility index (Phi) is 5.94. The first-order valence-corrected chi connectivity index (χ1v) is 15.7. The quantitative estimate of drug-likeness (QED) is 0.716. The van der Waals surface area contributed by atoms with Crippen molar-refractivity contribution < 1.29 is 12.7 Å². The molecule has 0 saturated carbocycles. The third kappa shape index (κ3) is 5.63. The van der Waals surface area contributed by atoms with E-state index in [1.54, 1.807) is 0 Å². The Hall–Kier alpha value is -0.249. The van der Waals surface area contributed by atoms with Gasteiger partial charge in [0.2, 0.25) is 0 Å². The number of rotatable bonds is 7. The lowest BCUT2D eigenvalue weighted by molar-refractivity contribution is 0.185. The minimum absolute atomic E-state index is 0.607. The second kappa shape index (κ2) is 6.68. The highest BCUT2D eigenvalue weighted by atomic mass is 28.5. The molecule has 0 radical (unpaired) electrons. The average Bonchev–Trinajstić information content (AvgIpc) is 2.26. The summed E-state index contributed by atoms with van der Waals surface area (Å²) >= 11 is 0. The van der Waals surface area contributed by atoms with Crippen LogP contribution in [-0.2, 0) is 12.7 Å². The first-order valence-electron chi connectivity index (χ1n) is 7.18. The van der Waals surface area contributed by atoms with Gasteiger partial charge in [-0.05, 0) is 46.2 Å². The van der Waals surface area contributed by atoms with E-state index in [1.165, 1.54) is 0 Å². The van der Waals surface area contributed by atoms with Crippen molar-refractivity contribution in [3.05, 3.63) is 30.3 Å². The highest BCUT2D eigenvalue weighted by Gasteiger charge is 2.49. The zero-order valence-corrected chi connectivity index (χ0v) is 16.8. The minimum Gasteiger partial charge on any atom is -0.413 e. The Morgan fingerprint density at radius 2 is 1.25 bits per heavy atom. The van der Waals surface area contributed by atoms with Gasteiger partial charge in [-0.25, -0.2) is 0 Å². The molecule has 0 atom stereocenters. The molecular formula is C14H28O3Si3. The maximum absolute atomic E-state index is 6.50. The molecule has 0 aliphatic heterocycles. The molecule has 0 N–H and O–H groups in total. The SMILES string of the molecule is CCO[Si](O[Si](C)(C)C)(O[Si](C)(C)C)c1ccccc1. The summed E-state index contributed by atoms with van der Waals surface area (Å²) in [5.41, 5.74) is 0. The molecule has 0 amide bonds. The fraction of sp³-hybridized carbons (Fsp3) is 0.571. The molecule has 0 aliphatic rings. The van der Waals surface area contributed by atoms with Crippen molar-refractivity contribution in [3.8, 4) is 0 Å². The molecule has 0 unspecified atom stereocenters. The predicted molar refractivity (Wildman–Crippen MR) is 92.3 cm³/mol. The molecule has 3 nitrogen and oxygen atoms in total. The summed E-state index contributed by atoms with van der Waals surface area (Å²) in [5.74, 6) is 0. The third-order valence-corrected chi connectivity index (χ3v) is 11.1. The van der Waals surface area contributed by atoms with Crippen molar-refractivity contribution in [1.29, 1.82) is 0 Å². The fourth-order valence-corrected chi connectivity index (χ4v) is 11.5. The smallest absolute Gasteiger partial charge is 0.413 e. The molecule has 0 saturated heterocycles. The first kappa shape index (κ1) is 17.8. The van der Waals surface area contributed by atoms with Crippen LogP contribution in [0.25, 0.3) is 0 Å². The van der Waals surface area contributed by atoms with E-state index in [1.807, 2.05) is 25.1 Å². The second-order valence-electron chi connectivity index (χ2n) is 6.78. The maximum Gasteiger partial charge on any atom is 0.516 e. The van der Waals surface area contributed by atoms with E-state index in [9.17, 15) is 0 Å². The normalized spacial score (nSPS) is 13.6. The largest absolute Gasteiger partial charge is 0.516 e. The third-order valence-electron chi connectivity index (χ3n) is 2.34. The van der Waals surface area contributed by atoms with Crippen LogP contribution in [0.1, 0.15) is 6.92 Å². The van der Waals surface area contributed by atoms with Gasteiger partial charge >= 0.3 is 8.80 Å². The molecule has 0 aromatic heterocycles. The van der Waals surface area contributed by atoms with Gasteiger partial charge in [-0.2, -0.15) is 0 Å². The van der Waals surface area contributed by atoms with Crippen LogP contribution in [0.4, 0.5) is 0 Å². The summed E-state index contributed by atoms with van der Waals surface area (Å²) < 4.78 is 19.1. The zero-order chi connectivity index (χ0) is 15.4. The van der Waals surface area contributed by atoms with Crippen LogP contribution in [0.5, 0.6) is 0 Å². The van der Waals surface area contributed by atoms with Gasteiger partial charge < -0.3 is 12.7 Å². The zero-order valence-electron chi connectivity index (χ0n) is 13.8. The Labute approximate surface area is 126 Å². The van der Waals surface area contributed by atoms with Crippen molar-refractivity contribution in [2.24, 2.45) is 0 Å². The number of hydrogen-bond donors (Lipinski definition) is 0. The standard InChI is InChI=1S/C14H28O3Si3/c1-8-15-20(16-18(2,3)4,17-19(5,6)7)14-12-10-9-11-13-14/h9-13H,8H2,1-7H3. The van der Waals surface area contributed by atoms with Crippen LogP contribution < -0.4 is 5.19 Å². The number of hydrogen-bond acceptors (Lipinski definition) is 3. The molecule has 0 bridgehead atoms. The molecule has 0 spiro atoms. The highest BCUT2D eigenvalue weighted by Crippen LogP contribution is 2.22. The first-order chi connectivity index (χ1) is 9.08. The van der Waals surface area contributed by atoms with E-state index >= 15 is 0 Å². The summed E-state index contributed by atoms with van der Waals surface area (Å²) in [6.45, 7) is 15.7. The Morgan fingerprint density at radius 3 is 1.60 bits per heavy atom. The molecule has 1 aromatic rings. The molecule has 6 heteroatoms. The van der Waals surface area contributed by atoms with E-state index in [0.29, 0.717) is 6.61 Å². The molecule has 20 heavy (non-hydrogen) atoms. The van der Waals surface area contributed by atoms with E-state index in [-0.39, 0.29) is 0 Å². The molecule has 1 rings (SSSR count). The molecule has 0 aliphatic carbocycles. The lowest BCUT2D eigenvalue weighted by Crippen LogP contribution is -2.64. The fourth-order valence-electron chi connectivity index (χ4n) is 1.92. The molecule has 0 fully saturated rings. The van der Waals surface area contributed by atoms with Crippen LogP contribution >= 0.6 is 0 Å². The summed E-state index contributed by atoms with van der Waals surface area (Å²) in [5, 5.41) is 1.08. The van der Waals surface area contributed by atoms with Gasteiger partial charge in [-0.1, -0.05) is 30.3 Å². The van der Waals surface area contributed by atoms with E-state index in [4.69, 9.17) is 12.7 Å². The van der Waals surface area contributed by atoms with Crippen LogP contribution in [0.15, 0.2) is 30.3 Å². The van der Waals surface area contributed by atoms with Crippen LogP contribution in [0, 0.1) is 0 Å². The van der Waals surface area contributed by atoms with Gasteiger partial charge in [-0.15, -0.1) is 0 Å². The van der Waals surface area contributed by atoms with Crippen molar-refractivity contribution in [2.45, 2.75) is 46.2 Å². The van der Waals surface area contributed by atoms with Crippen LogP contribution in [0.2, 0.25) is 39.3 Å². The van der Waals surface area contributed by atoms with Gasteiger partial charge in [0.1, 0.15) is 0 Å². The van der Waals surface area contributed by atoms with Crippen molar-refractivity contribution >= 4 is 30.6 Å². The molecule has 1 aromatic carbocycles.